The highest BCUT2D eigenvalue weighted by atomic mass is 79.9. The molecule has 2 heterocycles. The molecular formula is C26H36B2BrClO8. The van der Waals surface area contributed by atoms with Gasteiger partial charge in [-0.3, -0.25) is 0 Å². The van der Waals surface area contributed by atoms with E-state index in [1.807, 2.05) is 19.9 Å². The largest absolute Gasteiger partial charge is 0.495 e. The number of hydrogen-bond donors (Lipinski definition) is 4. The summed E-state index contributed by atoms with van der Waals surface area (Å²) in [6.07, 6.45) is 1.14. The Bertz CT molecular complexity index is 1030. The van der Waals surface area contributed by atoms with Crippen LogP contribution in [0, 0.1) is 0 Å². The first-order chi connectivity index (χ1) is 17.7. The van der Waals surface area contributed by atoms with Gasteiger partial charge >= 0.3 is 14.2 Å². The number of hydrogen-bond acceptors (Lipinski definition) is 8. The second-order valence-corrected chi connectivity index (χ2v) is 12.0. The molecule has 4 rings (SSSR count). The van der Waals surface area contributed by atoms with E-state index >= 15 is 0 Å². The monoisotopic (exact) mass is 612 g/mol. The summed E-state index contributed by atoms with van der Waals surface area (Å²) in [5.41, 5.74) is 1.08. The van der Waals surface area contributed by atoms with E-state index in [2.05, 4.69) is 15.9 Å². The first-order valence-corrected chi connectivity index (χ1v) is 13.9. The van der Waals surface area contributed by atoms with Gasteiger partial charge in [-0.1, -0.05) is 41.4 Å². The topological polar surface area (TPSA) is 118 Å². The Morgan fingerprint density at radius 2 is 1.24 bits per heavy atom. The number of fused-ring (bicyclic) bond motifs is 2. The van der Waals surface area contributed by atoms with Crippen molar-refractivity contribution in [3.05, 3.63) is 44.9 Å². The summed E-state index contributed by atoms with van der Waals surface area (Å²) in [7, 11) is -2.01. The predicted molar refractivity (Wildman–Crippen MR) is 153 cm³/mol. The third-order valence-corrected chi connectivity index (χ3v) is 7.04. The molecule has 0 radical (unpaired) electrons. The smallest absolute Gasteiger partial charge is 0.491 e. The van der Waals surface area contributed by atoms with Gasteiger partial charge < -0.3 is 39.0 Å². The summed E-state index contributed by atoms with van der Waals surface area (Å²) < 4.78 is 23.1. The van der Waals surface area contributed by atoms with Crippen molar-refractivity contribution < 1.29 is 39.0 Å². The number of halogens is 2. The van der Waals surface area contributed by atoms with Gasteiger partial charge in [-0.05, 0) is 70.4 Å². The number of rotatable bonds is 8. The molecule has 0 spiro atoms. The summed E-state index contributed by atoms with van der Waals surface area (Å²) in [5.74, 6) is 1.06. The lowest BCUT2D eigenvalue weighted by atomic mass is 9.78. The quantitative estimate of drug-likeness (QED) is 0.335. The minimum atomic E-state index is -1.03. The highest BCUT2D eigenvalue weighted by molar-refractivity contribution is 9.10. The van der Waals surface area contributed by atoms with Gasteiger partial charge in [0.05, 0.1) is 23.4 Å². The van der Waals surface area contributed by atoms with Crippen molar-refractivity contribution in [2.24, 2.45) is 0 Å². The highest BCUT2D eigenvalue weighted by Gasteiger charge is 2.40. The molecule has 2 aromatic carbocycles. The molecule has 4 N–H and O–H groups in total. The van der Waals surface area contributed by atoms with Crippen molar-refractivity contribution in [2.75, 3.05) is 13.2 Å². The van der Waals surface area contributed by atoms with Crippen LogP contribution in [0.4, 0.5) is 0 Å². The van der Waals surface area contributed by atoms with Crippen LogP contribution in [0.15, 0.2) is 28.7 Å². The van der Waals surface area contributed by atoms with E-state index in [0.29, 0.717) is 27.4 Å². The molecule has 2 aromatic rings. The molecule has 0 amide bonds. The van der Waals surface area contributed by atoms with Crippen LogP contribution in [0.25, 0.3) is 0 Å². The van der Waals surface area contributed by atoms with Gasteiger partial charge in [0.1, 0.15) is 24.7 Å². The van der Waals surface area contributed by atoms with E-state index in [4.69, 9.17) is 30.4 Å². The van der Waals surface area contributed by atoms with Crippen molar-refractivity contribution >= 4 is 52.7 Å². The van der Waals surface area contributed by atoms with Crippen molar-refractivity contribution in [1.82, 2.24) is 0 Å². The van der Waals surface area contributed by atoms with Crippen molar-refractivity contribution in [3.63, 3.8) is 0 Å². The van der Waals surface area contributed by atoms with E-state index < -0.39 is 25.4 Å². The molecule has 0 saturated carbocycles. The second kappa shape index (κ2) is 12.5. The highest BCUT2D eigenvalue weighted by Crippen LogP contribution is 2.36. The molecule has 2 aliphatic rings. The lowest BCUT2D eigenvalue weighted by Crippen LogP contribution is -2.33. The van der Waals surface area contributed by atoms with Crippen LogP contribution in [0.3, 0.4) is 0 Å². The average Bonchev–Trinajstić information content (AvgIpc) is 3.36. The van der Waals surface area contributed by atoms with Gasteiger partial charge in [-0.2, -0.15) is 0 Å². The lowest BCUT2D eigenvalue weighted by molar-refractivity contribution is 0.0285. The van der Waals surface area contributed by atoms with Gasteiger partial charge in [-0.25, -0.2) is 0 Å². The maximum absolute atomic E-state index is 10.0. The standard InChI is InChI=1S/C13H18BBrO4.C13H18BClO4/c2*1-4-9-11-8(15)5-6-10(12(11)14(17)19-9)18-7-13(2,3)16/h2*5-6,9,16-17H,4,7H2,1-3H3. The third-order valence-electron chi connectivity index (χ3n) is 6.02. The van der Waals surface area contributed by atoms with Crippen LogP contribution in [0.5, 0.6) is 11.5 Å². The molecule has 8 nitrogen and oxygen atoms in total. The molecule has 2 unspecified atom stereocenters. The SMILES string of the molecule is CCC1OB(O)c2c(OCC(C)(C)O)ccc(Br)c21.CCC1OB(O)c2c(OCC(C)(C)O)ccc(Cl)c21. The average molecular weight is 614 g/mol. The summed E-state index contributed by atoms with van der Waals surface area (Å²) in [5, 5.41) is 40.0. The molecule has 2 aliphatic heterocycles. The molecule has 0 fully saturated rings. The normalized spacial score (nSPS) is 18.6. The van der Waals surface area contributed by atoms with Crippen LogP contribution in [0.2, 0.25) is 5.02 Å². The van der Waals surface area contributed by atoms with E-state index in [9.17, 15) is 20.3 Å². The Kier molecular flexibility index (Phi) is 10.3. The molecular weight excluding hydrogens is 577 g/mol. The first kappa shape index (κ1) is 31.2. The zero-order valence-electron chi connectivity index (χ0n) is 22.6. The van der Waals surface area contributed by atoms with Crippen LogP contribution in [0.1, 0.15) is 77.7 Å². The summed E-state index contributed by atoms with van der Waals surface area (Å²) in [4.78, 5) is 0. The van der Waals surface area contributed by atoms with E-state index in [-0.39, 0.29) is 25.4 Å². The van der Waals surface area contributed by atoms with Gasteiger partial charge in [0.25, 0.3) is 0 Å². The van der Waals surface area contributed by atoms with Gasteiger partial charge in [0.2, 0.25) is 0 Å². The lowest BCUT2D eigenvalue weighted by Gasteiger charge is -2.20. The van der Waals surface area contributed by atoms with Gasteiger partial charge in [0.15, 0.2) is 0 Å². The second-order valence-electron chi connectivity index (χ2n) is 10.7. The Balaban J connectivity index is 0.000000211. The zero-order valence-corrected chi connectivity index (χ0v) is 25.0. The van der Waals surface area contributed by atoms with E-state index in [1.165, 1.54) is 0 Å². The Morgan fingerprint density at radius 1 is 0.816 bits per heavy atom. The molecule has 38 heavy (non-hydrogen) atoms. The summed E-state index contributed by atoms with van der Waals surface area (Å²) in [6, 6.07) is 7.07. The van der Waals surface area contributed by atoms with Gasteiger partial charge in [0, 0.05) is 26.0 Å². The maximum Gasteiger partial charge on any atom is 0.495 e. The fourth-order valence-corrected chi connectivity index (χ4v) is 5.18. The predicted octanol–water partition coefficient (Wildman–Crippen LogP) is 3.43. The molecule has 2 atom stereocenters. The molecule has 0 saturated heterocycles. The van der Waals surface area contributed by atoms with E-state index in [0.717, 1.165) is 28.4 Å². The molecule has 12 heteroatoms. The number of aliphatic hydroxyl groups is 2. The number of benzene rings is 2. The van der Waals surface area contributed by atoms with Crippen molar-refractivity contribution in [2.45, 2.75) is 77.8 Å². The maximum atomic E-state index is 10.0. The fraction of sp³-hybridized carbons (Fsp3) is 0.538. The van der Waals surface area contributed by atoms with Crippen LogP contribution < -0.4 is 20.4 Å². The summed E-state index contributed by atoms with van der Waals surface area (Å²) in [6.45, 7) is 10.9. The van der Waals surface area contributed by atoms with E-state index in [1.54, 1.807) is 45.9 Å². The van der Waals surface area contributed by atoms with Crippen molar-refractivity contribution in [3.8, 4) is 11.5 Å². The fourth-order valence-electron chi connectivity index (χ4n) is 4.29. The molecule has 208 valence electrons. The van der Waals surface area contributed by atoms with Gasteiger partial charge in [-0.15, -0.1) is 0 Å². The molecule has 0 aromatic heterocycles. The number of ether oxygens (including phenoxy) is 2. The Morgan fingerprint density at radius 3 is 1.68 bits per heavy atom. The first-order valence-electron chi connectivity index (χ1n) is 12.7. The molecule has 0 aliphatic carbocycles. The van der Waals surface area contributed by atoms with Crippen LogP contribution >= 0.6 is 27.5 Å². The Labute approximate surface area is 238 Å². The van der Waals surface area contributed by atoms with Crippen molar-refractivity contribution in [1.29, 1.82) is 0 Å². The minimum absolute atomic E-state index is 0.130. The Hall–Kier alpha value is -1.30. The zero-order chi connectivity index (χ0) is 28.4. The summed E-state index contributed by atoms with van der Waals surface area (Å²) >= 11 is 9.66. The minimum Gasteiger partial charge on any atom is -0.491 e. The third kappa shape index (κ3) is 7.46. The van der Waals surface area contributed by atoms with Crippen LogP contribution in [-0.4, -0.2) is 58.9 Å². The van der Waals surface area contributed by atoms with Crippen LogP contribution in [-0.2, 0) is 9.31 Å². The molecule has 0 bridgehead atoms.